The van der Waals surface area contributed by atoms with Gasteiger partial charge in [-0.05, 0) is 38.7 Å². The molecule has 29 heavy (non-hydrogen) atoms. The maximum Gasteiger partial charge on any atom is 0.432 e. The summed E-state index contributed by atoms with van der Waals surface area (Å²) in [5.74, 6) is -1.12. The summed E-state index contributed by atoms with van der Waals surface area (Å²) >= 11 is 0. The predicted molar refractivity (Wildman–Crippen MR) is 97.5 cm³/mol. The molecule has 9 heteroatoms. The first-order chi connectivity index (χ1) is 13.8. The van der Waals surface area contributed by atoms with E-state index >= 15 is 0 Å². The summed E-state index contributed by atoms with van der Waals surface area (Å²) < 4.78 is 58.4. The van der Waals surface area contributed by atoms with Crippen molar-refractivity contribution in [3.05, 3.63) is 53.1 Å². The fourth-order valence-corrected chi connectivity index (χ4v) is 3.66. The highest BCUT2D eigenvalue weighted by molar-refractivity contribution is 5.92. The van der Waals surface area contributed by atoms with Gasteiger partial charge >= 0.3 is 6.18 Å². The van der Waals surface area contributed by atoms with E-state index in [2.05, 4.69) is 5.10 Å². The number of hydrogen-bond donors (Lipinski definition) is 1. The highest BCUT2D eigenvalue weighted by Gasteiger charge is 2.36. The zero-order chi connectivity index (χ0) is 21.0. The second-order valence-corrected chi connectivity index (χ2v) is 7.07. The molecule has 1 N–H and O–H groups in total. The molecule has 0 atom stereocenters. The molecule has 2 aromatic rings. The van der Waals surface area contributed by atoms with Crippen LogP contribution in [0.25, 0.3) is 0 Å². The van der Waals surface area contributed by atoms with Gasteiger partial charge in [0.15, 0.2) is 5.69 Å². The van der Waals surface area contributed by atoms with Crippen LogP contribution in [0.15, 0.2) is 30.3 Å². The Morgan fingerprint density at radius 3 is 2.52 bits per heavy atom. The first kappa shape index (κ1) is 21.3. The minimum atomic E-state index is -4.63. The molecule has 0 saturated heterocycles. The lowest BCUT2D eigenvalue weighted by atomic mass is 9.91. The van der Waals surface area contributed by atoms with Gasteiger partial charge in [-0.15, -0.1) is 0 Å². The van der Waals surface area contributed by atoms with E-state index in [1.807, 2.05) is 12.0 Å². The highest BCUT2D eigenvalue weighted by atomic mass is 19.4. The van der Waals surface area contributed by atoms with Gasteiger partial charge in [0.2, 0.25) is 0 Å². The summed E-state index contributed by atoms with van der Waals surface area (Å²) in [6.07, 6.45) is -1.81. The Balaban J connectivity index is 1.83. The molecule has 5 nitrogen and oxygen atoms in total. The molecule has 0 aliphatic heterocycles. The van der Waals surface area contributed by atoms with Crippen LogP contribution in [0.2, 0.25) is 0 Å². The molecule has 1 fully saturated rings. The van der Waals surface area contributed by atoms with Crippen LogP contribution in [0.3, 0.4) is 0 Å². The van der Waals surface area contributed by atoms with E-state index in [0.717, 1.165) is 12.8 Å². The van der Waals surface area contributed by atoms with Crippen molar-refractivity contribution in [2.24, 2.45) is 0 Å². The van der Waals surface area contributed by atoms with Crippen LogP contribution in [0.5, 0.6) is 0 Å². The van der Waals surface area contributed by atoms with Crippen LogP contribution in [0.1, 0.15) is 54.4 Å². The van der Waals surface area contributed by atoms with E-state index in [0.29, 0.717) is 31.1 Å². The van der Waals surface area contributed by atoms with Gasteiger partial charge in [-0.2, -0.15) is 18.3 Å². The number of H-pyrrole nitrogens is 1. The minimum absolute atomic E-state index is 0.0380. The molecule has 158 valence electrons. The molecule has 0 radical (unpaired) electrons. The molecular weight excluding hydrogens is 390 g/mol. The van der Waals surface area contributed by atoms with Gasteiger partial charge in [-0.3, -0.25) is 9.89 Å². The molecule has 1 heterocycles. The van der Waals surface area contributed by atoms with E-state index < -0.39 is 23.6 Å². The number of alkyl halides is 3. The van der Waals surface area contributed by atoms with Crippen molar-refractivity contribution in [1.82, 2.24) is 15.1 Å². The summed E-state index contributed by atoms with van der Waals surface area (Å²) in [4.78, 5) is 14.5. The number of benzene rings is 1. The molecule has 3 rings (SSSR count). The number of carbonyl (C=O) groups excluding carboxylic acids is 1. The third-order valence-corrected chi connectivity index (χ3v) is 5.15. The Labute approximate surface area is 166 Å². The van der Waals surface area contributed by atoms with Crippen LogP contribution in [0, 0.1) is 5.82 Å². The Bertz CT molecular complexity index is 829. The SMILES string of the molecule is CCOC1CCC(N(Cc2ccccc2F)C(=O)c2cc(C(F)(F)F)[nH]n2)CC1. The average molecular weight is 413 g/mol. The Morgan fingerprint density at radius 2 is 1.93 bits per heavy atom. The number of nitrogens with one attached hydrogen (secondary N) is 1. The number of rotatable bonds is 6. The zero-order valence-electron chi connectivity index (χ0n) is 16.0. The third-order valence-electron chi connectivity index (χ3n) is 5.15. The maximum absolute atomic E-state index is 14.2. The number of aromatic amines is 1. The second-order valence-electron chi connectivity index (χ2n) is 7.07. The van der Waals surface area contributed by atoms with E-state index in [4.69, 9.17) is 4.74 Å². The lowest BCUT2D eigenvalue weighted by Crippen LogP contribution is -2.43. The smallest absolute Gasteiger partial charge is 0.379 e. The number of nitrogens with zero attached hydrogens (tertiary/aromatic N) is 2. The van der Waals surface area contributed by atoms with E-state index in [1.165, 1.54) is 11.0 Å². The zero-order valence-corrected chi connectivity index (χ0v) is 16.0. The molecule has 0 bridgehead atoms. The standard InChI is InChI=1S/C20H23F4N3O2/c1-2-29-15-9-7-14(8-10-15)27(12-13-5-3-4-6-16(13)21)19(28)17-11-18(26-25-17)20(22,23)24/h3-6,11,14-15H,2,7-10,12H2,1H3,(H,25,26). The van der Waals surface area contributed by atoms with Crippen LogP contribution in [-0.2, 0) is 17.5 Å². The summed E-state index contributed by atoms with van der Waals surface area (Å²) in [5.41, 5.74) is -1.12. The third kappa shape index (κ3) is 5.14. The van der Waals surface area contributed by atoms with Gasteiger partial charge in [0.1, 0.15) is 11.5 Å². The monoisotopic (exact) mass is 413 g/mol. The minimum Gasteiger partial charge on any atom is -0.379 e. The van der Waals surface area contributed by atoms with Crippen molar-refractivity contribution in [2.75, 3.05) is 6.61 Å². The average Bonchev–Trinajstić information content (AvgIpc) is 3.19. The number of aromatic nitrogens is 2. The predicted octanol–water partition coefficient (Wildman–Crippen LogP) is 4.56. The molecule has 0 spiro atoms. The van der Waals surface area contributed by atoms with Crippen molar-refractivity contribution >= 4 is 5.91 Å². The van der Waals surface area contributed by atoms with Crippen molar-refractivity contribution in [3.63, 3.8) is 0 Å². The summed E-state index contributed by atoms with van der Waals surface area (Å²) in [6.45, 7) is 2.47. The van der Waals surface area contributed by atoms with Gasteiger partial charge in [0, 0.05) is 30.8 Å². The molecular formula is C20H23F4N3O2. The normalized spacial score (nSPS) is 19.9. The number of halogens is 4. The van der Waals surface area contributed by atoms with Gasteiger partial charge < -0.3 is 9.64 Å². The van der Waals surface area contributed by atoms with Crippen LogP contribution in [-0.4, -0.2) is 39.8 Å². The van der Waals surface area contributed by atoms with Gasteiger partial charge in [-0.1, -0.05) is 18.2 Å². The molecule has 1 aromatic carbocycles. The van der Waals surface area contributed by atoms with Crippen LogP contribution >= 0.6 is 0 Å². The van der Waals surface area contributed by atoms with Crippen molar-refractivity contribution in [2.45, 2.75) is 57.5 Å². The molecule has 1 aliphatic carbocycles. The largest absolute Gasteiger partial charge is 0.432 e. The lowest BCUT2D eigenvalue weighted by molar-refractivity contribution is -0.141. The summed E-state index contributed by atoms with van der Waals surface area (Å²) in [6, 6.07) is 6.52. The maximum atomic E-state index is 14.2. The molecule has 1 amide bonds. The molecule has 0 unspecified atom stereocenters. The van der Waals surface area contributed by atoms with Crippen molar-refractivity contribution in [3.8, 4) is 0 Å². The first-order valence-corrected chi connectivity index (χ1v) is 9.58. The van der Waals surface area contributed by atoms with Crippen molar-refractivity contribution < 1.29 is 27.1 Å². The Kier molecular flexibility index (Phi) is 6.56. The molecule has 1 saturated carbocycles. The highest BCUT2D eigenvalue weighted by Crippen LogP contribution is 2.30. The van der Waals surface area contributed by atoms with Crippen LogP contribution in [0.4, 0.5) is 17.6 Å². The van der Waals surface area contributed by atoms with Gasteiger partial charge in [0.25, 0.3) is 5.91 Å². The number of amides is 1. The fourth-order valence-electron chi connectivity index (χ4n) is 3.66. The van der Waals surface area contributed by atoms with E-state index in [-0.39, 0.29) is 24.4 Å². The van der Waals surface area contributed by atoms with Gasteiger partial charge in [0.05, 0.1) is 6.10 Å². The van der Waals surface area contributed by atoms with E-state index in [1.54, 1.807) is 18.2 Å². The Hall–Kier alpha value is -2.42. The summed E-state index contributed by atoms with van der Waals surface area (Å²) in [5, 5.41) is 5.42. The quantitative estimate of drug-likeness (QED) is 0.707. The Morgan fingerprint density at radius 1 is 1.24 bits per heavy atom. The van der Waals surface area contributed by atoms with Crippen LogP contribution < -0.4 is 0 Å². The molecule has 1 aliphatic rings. The first-order valence-electron chi connectivity index (χ1n) is 9.58. The lowest BCUT2D eigenvalue weighted by Gasteiger charge is -2.36. The van der Waals surface area contributed by atoms with Gasteiger partial charge in [-0.25, -0.2) is 4.39 Å². The second kappa shape index (κ2) is 8.94. The topological polar surface area (TPSA) is 58.2 Å². The number of ether oxygens (including phenoxy) is 1. The summed E-state index contributed by atoms with van der Waals surface area (Å²) in [7, 11) is 0. The van der Waals surface area contributed by atoms with E-state index in [9.17, 15) is 22.4 Å². The number of carbonyl (C=O) groups is 1. The molecule has 1 aromatic heterocycles. The fraction of sp³-hybridized carbons (Fsp3) is 0.500. The number of hydrogen-bond acceptors (Lipinski definition) is 3. The van der Waals surface area contributed by atoms with Crippen molar-refractivity contribution in [1.29, 1.82) is 0 Å².